The van der Waals surface area contributed by atoms with Crippen LogP contribution >= 0.6 is 11.6 Å². The molecular formula is C7H14ClNO2. The molecule has 0 fully saturated rings. The Kier molecular flexibility index (Phi) is 6.27. The zero-order chi connectivity index (χ0) is 8.69. The van der Waals surface area contributed by atoms with Gasteiger partial charge in [0.05, 0.1) is 0 Å². The van der Waals surface area contributed by atoms with E-state index < -0.39 is 0 Å². The van der Waals surface area contributed by atoms with Crippen molar-refractivity contribution in [3.8, 4) is 0 Å². The van der Waals surface area contributed by atoms with Gasteiger partial charge in [-0.25, -0.2) is 0 Å². The third-order valence-corrected chi connectivity index (χ3v) is 1.17. The van der Waals surface area contributed by atoms with E-state index in [2.05, 4.69) is 5.32 Å². The average Bonchev–Trinajstić information content (AvgIpc) is 1.97. The number of hydrogen-bond donors (Lipinski definition) is 1. The lowest BCUT2D eigenvalue weighted by atomic mass is 10.4. The Morgan fingerprint density at radius 3 is 2.82 bits per heavy atom. The maximum Gasteiger partial charge on any atom is 0.246 e. The van der Waals surface area contributed by atoms with Gasteiger partial charge in [-0.1, -0.05) is 0 Å². The maximum absolute atomic E-state index is 10.8. The number of amides is 1. The summed E-state index contributed by atoms with van der Waals surface area (Å²) in [7, 11) is 0. The highest BCUT2D eigenvalue weighted by molar-refractivity contribution is 6.20. The number of rotatable bonds is 5. The Hall–Kier alpha value is -0.280. The molecule has 0 heterocycles. The second kappa shape index (κ2) is 6.43. The fraction of sp³-hybridized carbons (Fsp3) is 0.857. The van der Waals surface area contributed by atoms with Crippen molar-refractivity contribution in [3.63, 3.8) is 0 Å². The van der Waals surface area contributed by atoms with Crippen LogP contribution in [0.15, 0.2) is 0 Å². The summed E-state index contributed by atoms with van der Waals surface area (Å²) < 4.78 is 4.87. The van der Waals surface area contributed by atoms with Gasteiger partial charge in [0.15, 0.2) is 0 Å². The first-order valence-electron chi connectivity index (χ1n) is 3.65. The predicted molar refractivity (Wildman–Crippen MR) is 44.8 cm³/mol. The Morgan fingerprint density at radius 2 is 2.36 bits per heavy atom. The fourth-order valence-electron chi connectivity index (χ4n) is 0.500. The van der Waals surface area contributed by atoms with Crippen LogP contribution in [0.2, 0.25) is 0 Å². The van der Waals surface area contributed by atoms with Gasteiger partial charge < -0.3 is 10.1 Å². The number of carbonyl (C=O) groups is 1. The molecule has 1 atom stereocenters. The number of ether oxygens (including phenoxy) is 1. The Bertz CT molecular complexity index is 117. The molecule has 0 aliphatic heterocycles. The lowest BCUT2D eigenvalue weighted by Gasteiger charge is -2.05. The van der Waals surface area contributed by atoms with Crippen LogP contribution in [0.3, 0.4) is 0 Å². The predicted octanol–water partition coefficient (Wildman–Crippen LogP) is 0.766. The quantitative estimate of drug-likeness (QED) is 0.634. The van der Waals surface area contributed by atoms with E-state index in [1.54, 1.807) is 0 Å². The van der Waals surface area contributed by atoms with E-state index in [1.165, 1.54) is 0 Å². The molecule has 0 aromatic heterocycles. The highest BCUT2D eigenvalue weighted by atomic mass is 35.5. The number of nitrogens with one attached hydrogen (secondary N) is 1. The van der Waals surface area contributed by atoms with Gasteiger partial charge in [-0.2, -0.15) is 0 Å². The summed E-state index contributed by atoms with van der Waals surface area (Å²) in [5.41, 5.74) is 0. The Morgan fingerprint density at radius 1 is 1.73 bits per heavy atom. The molecule has 0 bridgehead atoms. The van der Waals surface area contributed by atoms with Crippen LogP contribution in [0.5, 0.6) is 0 Å². The second-order valence-corrected chi connectivity index (χ2v) is 2.97. The third kappa shape index (κ3) is 7.62. The third-order valence-electron chi connectivity index (χ3n) is 1.02. The number of carbonyl (C=O) groups excluding carboxylic acids is 1. The van der Waals surface area contributed by atoms with Crippen LogP contribution in [0.1, 0.15) is 13.8 Å². The summed E-state index contributed by atoms with van der Waals surface area (Å²) in [4.78, 5) is 10.8. The topological polar surface area (TPSA) is 38.3 Å². The van der Waals surface area contributed by atoms with Gasteiger partial charge in [0.2, 0.25) is 5.91 Å². The molecule has 1 amide bonds. The van der Waals surface area contributed by atoms with Crippen LogP contribution in [-0.2, 0) is 9.53 Å². The van der Waals surface area contributed by atoms with Crippen molar-refractivity contribution in [2.75, 3.05) is 19.8 Å². The molecule has 0 radical (unpaired) electrons. The van der Waals surface area contributed by atoms with Gasteiger partial charge in [0.1, 0.15) is 6.61 Å². The van der Waals surface area contributed by atoms with E-state index in [0.29, 0.717) is 13.2 Å². The SMILES string of the molecule is CCOCC(=O)NCC(C)Cl. The lowest BCUT2D eigenvalue weighted by Crippen LogP contribution is -2.31. The smallest absolute Gasteiger partial charge is 0.246 e. The molecule has 0 spiro atoms. The van der Waals surface area contributed by atoms with Crippen molar-refractivity contribution < 1.29 is 9.53 Å². The summed E-state index contributed by atoms with van der Waals surface area (Å²) >= 11 is 5.60. The molecule has 0 rings (SSSR count). The van der Waals surface area contributed by atoms with Crippen molar-refractivity contribution in [2.24, 2.45) is 0 Å². The average molecular weight is 180 g/mol. The van der Waals surface area contributed by atoms with Crippen molar-refractivity contribution in [1.29, 1.82) is 0 Å². The van der Waals surface area contributed by atoms with Gasteiger partial charge in [-0.05, 0) is 13.8 Å². The summed E-state index contributed by atoms with van der Waals surface area (Å²) in [6, 6.07) is 0. The monoisotopic (exact) mass is 179 g/mol. The molecule has 0 aliphatic carbocycles. The molecule has 11 heavy (non-hydrogen) atoms. The fourth-order valence-corrected chi connectivity index (χ4v) is 0.577. The van der Waals surface area contributed by atoms with Gasteiger partial charge in [-0.3, -0.25) is 4.79 Å². The van der Waals surface area contributed by atoms with E-state index in [9.17, 15) is 4.79 Å². The van der Waals surface area contributed by atoms with E-state index in [-0.39, 0.29) is 17.9 Å². The molecule has 3 nitrogen and oxygen atoms in total. The van der Waals surface area contributed by atoms with Crippen LogP contribution in [0.4, 0.5) is 0 Å². The molecule has 0 saturated heterocycles. The summed E-state index contributed by atoms with van der Waals surface area (Å²) in [6.45, 7) is 4.84. The molecule has 0 saturated carbocycles. The molecule has 0 aromatic carbocycles. The normalized spacial score (nSPS) is 12.6. The van der Waals surface area contributed by atoms with Crippen LogP contribution in [0, 0.1) is 0 Å². The largest absolute Gasteiger partial charge is 0.372 e. The molecule has 66 valence electrons. The number of alkyl halides is 1. The first-order valence-corrected chi connectivity index (χ1v) is 4.09. The molecule has 0 aliphatic rings. The standard InChI is InChI=1S/C7H14ClNO2/c1-3-11-5-7(10)9-4-6(2)8/h6H,3-5H2,1-2H3,(H,9,10). The van der Waals surface area contributed by atoms with Gasteiger partial charge in [0, 0.05) is 18.5 Å². The number of halogens is 1. The minimum Gasteiger partial charge on any atom is -0.372 e. The zero-order valence-corrected chi connectivity index (χ0v) is 7.65. The minimum atomic E-state index is -0.112. The zero-order valence-electron chi connectivity index (χ0n) is 6.89. The summed E-state index contributed by atoms with van der Waals surface area (Å²) in [6.07, 6.45) is 0. The van der Waals surface area contributed by atoms with Crippen molar-refractivity contribution in [1.82, 2.24) is 5.32 Å². The van der Waals surface area contributed by atoms with E-state index in [0.717, 1.165) is 0 Å². The van der Waals surface area contributed by atoms with Gasteiger partial charge >= 0.3 is 0 Å². The molecule has 1 N–H and O–H groups in total. The Balaban J connectivity index is 3.23. The molecule has 0 aromatic rings. The van der Waals surface area contributed by atoms with Crippen LogP contribution < -0.4 is 5.32 Å². The van der Waals surface area contributed by atoms with E-state index in [4.69, 9.17) is 16.3 Å². The van der Waals surface area contributed by atoms with Gasteiger partial charge in [0.25, 0.3) is 0 Å². The van der Waals surface area contributed by atoms with Crippen molar-refractivity contribution in [2.45, 2.75) is 19.2 Å². The minimum absolute atomic E-state index is 0.0272. The molecule has 1 unspecified atom stereocenters. The van der Waals surface area contributed by atoms with Crippen LogP contribution in [-0.4, -0.2) is 31.0 Å². The first kappa shape index (κ1) is 10.7. The lowest BCUT2D eigenvalue weighted by molar-refractivity contribution is -0.125. The van der Waals surface area contributed by atoms with E-state index >= 15 is 0 Å². The number of hydrogen-bond acceptors (Lipinski definition) is 2. The van der Waals surface area contributed by atoms with Crippen molar-refractivity contribution in [3.05, 3.63) is 0 Å². The second-order valence-electron chi connectivity index (χ2n) is 2.22. The summed E-state index contributed by atoms with van der Waals surface area (Å²) in [5, 5.41) is 2.59. The highest BCUT2D eigenvalue weighted by Crippen LogP contribution is 1.88. The molecular weight excluding hydrogens is 166 g/mol. The molecule has 4 heteroatoms. The highest BCUT2D eigenvalue weighted by Gasteiger charge is 2.01. The van der Waals surface area contributed by atoms with Gasteiger partial charge in [-0.15, -0.1) is 11.6 Å². The Labute approximate surface area is 72.1 Å². The van der Waals surface area contributed by atoms with E-state index in [1.807, 2.05) is 13.8 Å². The van der Waals surface area contributed by atoms with Crippen LogP contribution in [0.25, 0.3) is 0 Å². The summed E-state index contributed by atoms with van der Waals surface area (Å²) in [5.74, 6) is -0.112. The first-order chi connectivity index (χ1) is 5.16. The van der Waals surface area contributed by atoms with Crippen molar-refractivity contribution >= 4 is 17.5 Å². The maximum atomic E-state index is 10.8.